The average Bonchev–Trinajstić information content (AvgIpc) is 3.10. The van der Waals surface area contributed by atoms with Crippen molar-refractivity contribution in [3.8, 4) is 0 Å². The van der Waals surface area contributed by atoms with Crippen LogP contribution in [0.4, 0.5) is 11.4 Å². The minimum absolute atomic E-state index is 0.0402. The molecule has 2 aliphatic rings. The summed E-state index contributed by atoms with van der Waals surface area (Å²) in [5.74, 6) is -0.148. The van der Waals surface area contributed by atoms with E-state index in [1.54, 1.807) is 21.6 Å². The Labute approximate surface area is 217 Å². The van der Waals surface area contributed by atoms with Crippen molar-refractivity contribution in [2.45, 2.75) is 22.6 Å². The van der Waals surface area contributed by atoms with Gasteiger partial charge in [0.2, 0.25) is 5.91 Å². The lowest BCUT2D eigenvalue weighted by atomic mass is 10.1. The molecule has 0 aromatic heterocycles. The number of fused-ring (bicyclic) bond motifs is 2. The van der Waals surface area contributed by atoms with E-state index in [1.165, 1.54) is 11.8 Å². The van der Waals surface area contributed by atoms with Crippen LogP contribution in [0.1, 0.15) is 18.4 Å². The van der Waals surface area contributed by atoms with Crippen molar-refractivity contribution in [2.24, 2.45) is 0 Å². The number of para-hydroxylation sites is 1. The average molecular weight is 523 g/mol. The normalized spacial score (nSPS) is 16.1. The van der Waals surface area contributed by atoms with Crippen LogP contribution in [-0.2, 0) is 9.59 Å². The van der Waals surface area contributed by atoms with Gasteiger partial charge in [-0.15, -0.1) is 0 Å². The van der Waals surface area contributed by atoms with Crippen molar-refractivity contribution in [1.29, 1.82) is 0 Å². The summed E-state index contributed by atoms with van der Waals surface area (Å²) in [6, 6.07) is 23.1. The van der Waals surface area contributed by atoms with Gasteiger partial charge in [-0.1, -0.05) is 89.8 Å². The van der Waals surface area contributed by atoms with E-state index in [2.05, 4.69) is 0 Å². The maximum atomic E-state index is 13.4. The Balaban J connectivity index is 1.29. The molecule has 3 aromatic carbocycles. The van der Waals surface area contributed by atoms with Gasteiger partial charge in [0, 0.05) is 27.8 Å². The highest BCUT2D eigenvalue weighted by Crippen LogP contribution is 2.49. The molecule has 8 heteroatoms. The molecular formula is C26H19ClN2O2S3. The second kappa shape index (κ2) is 9.96. The number of benzene rings is 3. The summed E-state index contributed by atoms with van der Waals surface area (Å²) < 4.78 is 0.525. The highest BCUT2D eigenvalue weighted by Gasteiger charge is 2.32. The zero-order chi connectivity index (χ0) is 23.7. The van der Waals surface area contributed by atoms with Gasteiger partial charge in [-0.3, -0.25) is 19.4 Å². The number of thiocarbonyl (C=S) groups is 1. The molecule has 34 heavy (non-hydrogen) atoms. The van der Waals surface area contributed by atoms with Crippen LogP contribution in [0.5, 0.6) is 0 Å². The number of nitrogens with zero attached hydrogens (tertiary/aromatic N) is 2. The van der Waals surface area contributed by atoms with E-state index in [0.717, 1.165) is 26.7 Å². The number of carbonyl (C=O) groups excluding carboxylic acids is 2. The number of hydrogen-bond donors (Lipinski definition) is 0. The van der Waals surface area contributed by atoms with Crippen molar-refractivity contribution in [3.05, 3.63) is 88.3 Å². The summed E-state index contributed by atoms with van der Waals surface area (Å²) in [6.45, 7) is 0.398. The molecule has 170 valence electrons. The Kier molecular flexibility index (Phi) is 6.79. The summed E-state index contributed by atoms with van der Waals surface area (Å²) in [5, 5.41) is 0.583. The van der Waals surface area contributed by atoms with Crippen LogP contribution in [0.2, 0.25) is 5.02 Å². The molecule has 1 saturated heterocycles. The van der Waals surface area contributed by atoms with Crippen molar-refractivity contribution >= 4 is 80.9 Å². The lowest BCUT2D eigenvalue weighted by molar-refractivity contribution is -0.123. The number of hydrogen-bond acceptors (Lipinski definition) is 5. The third-order valence-electron chi connectivity index (χ3n) is 5.48. The molecule has 1 fully saturated rings. The molecule has 2 heterocycles. The third-order valence-corrected chi connectivity index (χ3v) is 8.22. The first kappa shape index (κ1) is 23.2. The topological polar surface area (TPSA) is 40.6 Å². The molecule has 3 aromatic rings. The van der Waals surface area contributed by atoms with E-state index >= 15 is 0 Å². The van der Waals surface area contributed by atoms with Crippen molar-refractivity contribution in [3.63, 3.8) is 0 Å². The maximum absolute atomic E-state index is 13.4. The zero-order valence-corrected chi connectivity index (χ0v) is 21.1. The minimum atomic E-state index is -0.108. The number of halogens is 1. The smallest absolute Gasteiger partial charge is 0.266 e. The second-order valence-electron chi connectivity index (χ2n) is 7.76. The summed E-state index contributed by atoms with van der Waals surface area (Å²) >= 11 is 14.6. The van der Waals surface area contributed by atoms with Crippen molar-refractivity contribution < 1.29 is 9.59 Å². The Hall–Kier alpha value is -2.58. The first-order chi connectivity index (χ1) is 16.5. The standard InChI is InChI=1S/C26H19ClN2O2S3/c27-18-12-13-22-20(16-18)29(19-9-4-5-10-21(19)33-22)24(30)11-6-14-28-25(31)23(34-26(28)32)15-17-7-2-1-3-8-17/h1-5,7-10,12-13,15-16H,6,11,14H2/b23-15+. The van der Waals surface area contributed by atoms with Gasteiger partial charge < -0.3 is 0 Å². The molecule has 0 unspecified atom stereocenters. The fraction of sp³-hybridized carbons (Fsp3) is 0.115. The van der Waals surface area contributed by atoms with Crippen LogP contribution in [0.3, 0.4) is 0 Å². The predicted molar refractivity (Wildman–Crippen MR) is 145 cm³/mol. The number of amides is 2. The minimum Gasteiger partial charge on any atom is -0.293 e. The van der Waals surface area contributed by atoms with Gasteiger partial charge in [0.05, 0.1) is 16.3 Å². The molecule has 0 radical (unpaired) electrons. The van der Waals surface area contributed by atoms with E-state index in [4.69, 9.17) is 23.8 Å². The van der Waals surface area contributed by atoms with Gasteiger partial charge in [0.25, 0.3) is 5.91 Å². The molecule has 0 spiro atoms. The SMILES string of the molecule is O=C1/C(=C\c2ccccc2)SC(=S)N1CCCC(=O)N1c2ccccc2Sc2ccc(Cl)cc21. The first-order valence-corrected chi connectivity index (χ1v) is 13.1. The molecule has 2 amide bonds. The van der Waals surface area contributed by atoms with Crippen molar-refractivity contribution in [2.75, 3.05) is 11.4 Å². The largest absolute Gasteiger partial charge is 0.293 e. The summed E-state index contributed by atoms with van der Waals surface area (Å²) in [4.78, 5) is 32.2. The highest BCUT2D eigenvalue weighted by atomic mass is 35.5. The van der Waals surface area contributed by atoms with Gasteiger partial charge in [-0.05, 0) is 48.4 Å². The Morgan fingerprint density at radius 2 is 1.68 bits per heavy atom. The summed E-state index contributed by atoms with van der Waals surface area (Å²) in [7, 11) is 0. The zero-order valence-electron chi connectivity index (χ0n) is 17.9. The van der Waals surface area contributed by atoms with Gasteiger partial charge in [-0.2, -0.15) is 0 Å². The molecule has 0 bridgehead atoms. The maximum Gasteiger partial charge on any atom is 0.266 e. The lowest BCUT2D eigenvalue weighted by Crippen LogP contribution is -2.32. The van der Waals surface area contributed by atoms with Crippen LogP contribution in [0.15, 0.2) is 87.5 Å². The van der Waals surface area contributed by atoms with Crippen LogP contribution >= 0.6 is 47.3 Å². The number of carbonyl (C=O) groups is 2. The van der Waals surface area contributed by atoms with E-state index < -0.39 is 0 Å². The van der Waals surface area contributed by atoms with Crippen molar-refractivity contribution in [1.82, 2.24) is 4.90 Å². The van der Waals surface area contributed by atoms with Crippen LogP contribution in [-0.4, -0.2) is 27.6 Å². The molecular weight excluding hydrogens is 504 g/mol. The fourth-order valence-corrected chi connectivity index (χ4v) is 6.40. The van der Waals surface area contributed by atoms with Crippen LogP contribution in [0.25, 0.3) is 6.08 Å². The molecule has 0 aliphatic carbocycles. The second-order valence-corrected chi connectivity index (χ2v) is 11.0. The van der Waals surface area contributed by atoms with E-state index in [-0.39, 0.29) is 18.2 Å². The number of thioether (sulfide) groups is 1. The molecule has 0 saturated carbocycles. The molecule has 0 N–H and O–H groups in total. The lowest BCUT2D eigenvalue weighted by Gasteiger charge is -2.31. The summed E-state index contributed by atoms with van der Waals surface area (Å²) in [5.41, 5.74) is 2.60. The molecule has 5 rings (SSSR count). The van der Waals surface area contributed by atoms with E-state index in [0.29, 0.717) is 27.2 Å². The van der Waals surface area contributed by atoms with Gasteiger partial charge in [-0.25, -0.2) is 0 Å². The molecule has 0 atom stereocenters. The van der Waals surface area contributed by atoms with Gasteiger partial charge in [0.15, 0.2) is 0 Å². The van der Waals surface area contributed by atoms with E-state index in [9.17, 15) is 9.59 Å². The predicted octanol–water partition coefficient (Wildman–Crippen LogP) is 7.15. The monoisotopic (exact) mass is 522 g/mol. The Bertz CT molecular complexity index is 1330. The quantitative estimate of drug-likeness (QED) is 0.263. The highest BCUT2D eigenvalue weighted by molar-refractivity contribution is 8.26. The Morgan fingerprint density at radius 3 is 2.50 bits per heavy atom. The Morgan fingerprint density at radius 1 is 0.941 bits per heavy atom. The number of rotatable bonds is 5. The first-order valence-electron chi connectivity index (χ1n) is 10.7. The van der Waals surface area contributed by atoms with Crippen LogP contribution in [0, 0.1) is 0 Å². The summed E-state index contributed by atoms with van der Waals surface area (Å²) in [6.07, 6.45) is 2.64. The molecule has 4 nitrogen and oxygen atoms in total. The van der Waals surface area contributed by atoms with Crippen LogP contribution < -0.4 is 4.90 Å². The molecule has 2 aliphatic heterocycles. The number of anilines is 2. The van der Waals surface area contributed by atoms with Gasteiger partial charge in [0.1, 0.15) is 4.32 Å². The third kappa shape index (κ3) is 4.66. The van der Waals surface area contributed by atoms with E-state index in [1.807, 2.05) is 78.9 Å². The van der Waals surface area contributed by atoms with Gasteiger partial charge >= 0.3 is 0 Å². The fourth-order valence-electron chi connectivity index (χ4n) is 3.89.